The number of sulfonamides is 1. The number of carbonyl (C=O) groups excluding carboxylic acids is 2. The molecular weight excluding hydrogens is 462 g/mol. The van der Waals surface area contributed by atoms with E-state index < -0.39 is 28.0 Å². The van der Waals surface area contributed by atoms with Crippen LogP contribution < -0.4 is 10.2 Å². The maximum atomic E-state index is 12.7. The molecule has 1 aromatic carbocycles. The van der Waals surface area contributed by atoms with E-state index in [1.165, 1.54) is 41.6 Å². The summed E-state index contributed by atoms with van der Waals surface area (Å²) in [6.07, 6.45) is 1.11. The van der Waals surface area contributed by atoms with E-state index >= 15 is 0 Å². The van der Waals surface area contributed by atoms with E-state index in [0.717, 1.165) is 25.9 Å². The van der Waals surface area contributed by atoms with Crippen molar-refractivity contribution in [3.63, 3.8) is 0 Å². The molecule has 0 saturated carbocycles. The van der Waals surface area contributed by atoms with E-state index in [-0.39, 0.29) is 10.6 Å². The van der Waals surface area contributed by atoms with Crippen LogP contribution in [0.1, 0.15) is 30.3 Å². The van der Waals surface area contributed by atoms with Crippen LogP contribution in [-0.4, -0.2) is 80.3 Å². The smallest absolute Gasteiger partial charge is 0.359 e. The molecule has 0 aliphatic carbocycles. The average molecular weight is 490 g/mol. The lowest BCUT2D eigenvalue weighted by atomic mass is 10.3. The zero-order valence-corrected chi connectivity index (χ0v) is 19.7. The van der Waals surface area contributed by atoms with Crippen molar-refractivity contribution >= 4 is 33.4 Å². The Kier molecular flexibility index (Phi) is 7.39. The van der Waals surface area contributed by atoms with E-state index in [1.54, 1.807) is 6.07 Å². The van der Waals surface area contributed by atoms with Gasteiger partial charge in [0.15, 0.2) is 17.6 Å². The normalized spacial score (nSPS) is 17.9. The highest BCUT2D eigenvalue weighted by Crippen LogP contribution is 2.20. The van der Waals surface area contributed by atoms with Gasteiger partial charge in [-0.1, -0.05) is 0 Å². The van der Waals surface area contributed by atoms with Crippen LogP contribution in [0.5, 0.6) is 0 Å². The number of nitrogens with zero attached hydrogens (tertiary/aromatic N) is 4. The molecule has 3 heterocycles. The van der Waals surface area contributed by atoms with Crippen molar-refractivity contribution in [2.24, 2.45) is 0 Å². The predicted molar refractivity (Wildman–Crippen MR) is 123 cm³/mol. The number of hydrogen-bond donors (Lipinski definition) is 1. The molecule has 1 atom stereocenters. The second kappa shape index (κ2) is 10.5. The summed E-state index contributed by atoms with van der Waals surface area (Å²) in [6, 6.07) is 9.07. The molecule has 2 fully saturated rings. The molecule has 2 saturated heterocycles. The van der Waals surface area contributed by atoms with Gasteiger partial charge in [0, 0.05) is 31.9 Å². The van der Waals surface area contributed by atoms with Crippen molar-refractivity contribution in [2.75, 3.05) is 49.6 Å². The summed E-state index contributed by atoms with van der Waals surface area (Å²) < 4.78 is 37.2. The fraction of sp³-hybridized carbons (Fsp3) is 0.455. The van der Waals surface area contributed by atoms with E-state index in [1.807, 2.05) is 0 Å². The molecule has 2 aliphatic rings. The van der Waals surface area contributed by atoms with Gasteiger partial charge in [-0.2, -0.15) is 4.31 Å². The van der Waals surface area contributed by atoms with E-state index in [2.05, 4.69) is 20.4 Å². The number of rotatable bonds is 7. The third kappa shape index (κ3) is 5.51. The van der Waals surface area contributed by atoms with Gasteiger partial charge >= 0.3 is 5.97 Å². The van der Waals surface area contributed by atoms with Crippen LogP contribution in [0.3, 0.4) is 0 Å². The lowest BCUT2D eigenvalue weighted by Crippen LogP contribution is -2.40. The van der Waals surface area contributed by atoms with Crippen molar-refractivity contribution in [3.05, 3.63) is 42.1 Å². The topological polar surface area (TPSA) is 131 Å². The molecule has 0 radical (unpaired) electrons. The summed E-state index contributed by atoms with van der Waals surface area (Å²) in [4.78, 5) is 27.0. The minimum atomic E-state index is -3.62. The fourth-order valence-corrected chi connectivity index (χ4v) is 5.12. The average Bonchev–Trinajstić information content (AvgIpc) is 3.40. The third-order valence-electron chi connectivity index (χ3n) is 5.67. The Morgan fingerprint density at radius 1 is 1.00 bits per heavy atom. The monoisotopic (exact) mass is 489 g/mol. The predicted octanol–water partition coefficient (Wildman–Crippen LogP) is 1.28. The van der Waals surface area contributed by atoms with Crippen LogP contribution >= 0.6 is 0 Å². The van der Waals surface area contributed by atoms with Crippen LogP contribution in [0.25, 0.3) is 0 Å². The Bertz CT molecular complexity index is 1110. The molecule has 2 aliphatic heterocycles. The molecule has 12 heteroatoms. The molecule has 2 aromatic rings. The SMILES string of the molecule is CC(OC(=O)c1ccc(N2CCCC2)nn1)C(=O)Nc1ccc(S(=O)(=O)N2CCOCC2)cc1. The Balaban J connectivity index is 1.32. The summed E-state index contributed by atoms with van der Waals surface area (Å²) in [5.41, 5.74) is 0.392. The number of esters is 1. The number of anilines is 2. The van der Waals surface area contributed by atoms with Gasteiger partial charge in [0.25, 0.3) is 5.91 Å². The highest BCUT2D eigenvalue weighted by Gasteiger charge is 2.26. The molecule has 1 amide bonds. The van der Waals surface area contributed by atoms with Gasteiger partial charge in [-0.25, -0.2) is 13.2 Å². The Labute approximate surface area is 198 Å². The highest BCUT2D eigenvalue weighted by molar-refractivity contribution is 7.89. The molecule has 1 N–H and O–H groups in total. The van der Waals surface area contributed by atoms with Crippen molar-refractivity contribution in [1.29, 1.82) is 0 Å². The van der Waals surface area contributed by atoms with Gasteiger partial charge in [0.2, 0.25) is 10.0 Å². The molecule has 34 heavy (non-hydrogen) atoms. The Morgan fingerprint density at radius 3 is 2.29 bits per heavy atom. The fourth-order valence-electron chi connectivity index (χ4n) is 3.71. The minimum absolute atomic E-state index is 0.0141. The molecule has 182 valence electrons. The standard InChI is InChI=1S/C22H27N5O6S/c1-16(33-22(29)19-8-9-20(25-24-19)26-10-2-3-11-26)21(28)23-17-4-6-18(7-5-17)34(30,31)27-12-14-32-15-13-27/h4-9,16H,2-3,10-15H2,1H3,(H,23,28). The molecule has 4 rings (SSSR count). The van der Waals surface area contributed by atoms with Crippen LogP contribution in [0.15, 0.2) is 41.3 Å². The number of amides is 1. The molecule has 11 nitrogen and oxygen atoms in total. The number of benzene rings is 1. The largest absolute Gasteiger partial charge is 0.448 e. The van der Waals surface area contributed by atoms with E-state index in [4.69, 9.17) is 9.47 Å². The number of aromatic nitrogens is 2. The zero-order chi connectivity index (χ0) is 24.1. The summed E-state index contributed by atoms with van der Waals surface area (Å²) >= 11 is 0. The maximum absolute atomic E-state index is 12.7. The number of ether oxygens (including phenoxy) is 2. The first-order valence-electron chi connectivity index (χ1n) is 11.1. The molecule has 1 unspecified atom stereocenters. The third-order valence-corrected chi connectivity index (χ3v) is 7.59. The van der Waals surface area contributed by atoms with Gasteiger partial charge in [-0.15, -0.1) is 10.2 Å². The van der Waals surface area contributed by atoms with E-state index in [9.17, 15) is 18.0 Å². The van der Waals surface area contributed by atoms with Gasteiger partial charge in [-0.3, -0.25) is 4.79 Å². The van der Waals surface area contributed by atoms with Crippen molar-refractivity contribution in [2.45, 2.75) is 30.8 Å². The number of hydrogen-bond acceptors (Lipinski definition) is 9. The Morgan fingerprint density at radius 2 is 1.68 bits per heavy atom. The van der Waals surface area contributed by atoms with Gasteiger partial charge in [-0.05, 0) is 56.2 Å². The highest BCUT2D eigenvalue weighted by atomic mass is 32.2. The number of morpholine rings is 1. The summed E-state index contributed by atoms with van der Waals surface area (Å²) in [5.74, 6) is -0.604. The first kappa shape index (κ1) is 24.0. The zero-order valence-electron chi connectivity index (χ0n) is 18.8. The van der Waals surface area contributed by atoms with Crippen molar-refractivity contribution in [3.8, 4) is 0 Å². The quantitative estimate of drug-likeness (QED) is 0.571. The van der Waals surface area contributed by atoms with Crippen LogP contribution in [-0.2, 0) is 24.3 Å². The number of nitrogens with one attached hydrogen (secondary N) is 1. The second-order valence-electron chi connectivity index (χ2n) is 8.05. The molecular formula is C22H27N5O6S. The van der Waals surface area contributed by atoms with Crippen LogP contribution in [0, 0.1) is 0 Å². The summed E-state index contributed by atoms with van der Waals surface area (Å²) in [7, 11) is -3.62. The number of carbonyl (C=O) groups is 2. The molecule has 0 bridgehead atoms. The lowest BCUT2D eigenvalue weighted by Gasteiger charge is -2.26. The van der Waals surface area contributed by atoms with Gasteiger partial charge in [0.1, 0.15) is 0 Å². The van der Waals surface area contributed by atoms with Gasteiger partial charge in [0.05, 0.1) is 18.1 Å². The summed E-state index contributed by atoms with van der Waals surface area (Å²) in [5, 5.41) is 10.6. The van der Waals surface area contributed by atoms with Gasteiger partial charge < -0.3 is 19.7 Å². The van der Waals surface area contributed by atoms with Crippen LogP contribution in [0.2, 0.25) is 0 Å². The first-order valence-corrected chi connectivity index (χ1v) is 12.6. The Hall–Kier alpha value is -3.09. The summed E-state index contributed by atoms with van der Waals surface area (Å²) in [6.45, 7) is 4.59. The lowest BCUT2D eigenvalue weighted by molar-refractivity contribution is -0.123. The van der Waals surface area contributed by atoms with Crippen molar-refractivity contribution < 1.29 is 27.5 Å². The molecule has 0 spiro atoms. The van der Waals surface area contributed by atoms with Crippen LogP contribution in [0.4, 0.5) is 11.5 Å². The minimum Gasteiger partial charge on any atom is -0.448 e. The first-order chi connectivity index (χ1) is 16.3. The maximum Gasteiger partial charge on any atom is 0.359 e. The van der Waals surface area contributed by atoms with Crippen molar-refractivity contribution in [1.82, 2.24) is 14.5 Å². The second-order valence-corrected chi connectivity index (χ2v) is 9.99. The molecule has 1 aromatic heterocycles. The van der Waals surface area contributed by atoms with E-state index in [0.29, 0.717) is 37.8 Å².